The van der Waals surface area contributed by atoms with Gasteiger partial charge in [0.25, 0.3) is 0 Å². The molecule has 126 valence electrons. The van der Waals surface area contributed by atoms with Crippen LogP contribution in [0.3, 0.4) is 0 Å². The van der Waals surface area contributed by atoms with Gasteiger partial charge in [-0.15, -0.1) is 0 Å². The molecule has 3 aromatic carbocycles. The van der Waals surface area contributed by atoms with Crippen LogP contribution in [0.15, 0.2) is 72.8 Å². The molecule has 0 saturated carbocycles. The first-order valence-electron chi connectivity index (χ1n) is 8.54. The summed E-state index contributed by atoms with van der Waals surface area (Å²) in [5.41, 5.74) is 5.01. The van der Waals surface area contributed by atoms with E-state index in [1.54, 1.807) is 7.11 Å². The minimum atomic E-state index is 0.840. The van der Waals surface area contributed by atoms with Crippen LogP contribution in [-0.4, -0.2) is 17.1 Å². The molecule has 2 aromatic heterocycles. The summed E-state index contributed by atoms with van der Waals surface area (Å²) in [7, 11) is 1.67. The lowest BCUT2D eigenvalue weighted by atomic mass is 10.1. The number of nitrogens with one attached hydrogen (secondary N) is 2. The van der Waals surface area contributed by atoms with Crippen molar-refractivity contribution in [1.82, 2.24) is 9.97 Å². The van der Waals surface area contributed by atoms with Crippen molar-refractivity contribution in [3.63, 3.8) is 0 Å². The van der Waals surface area contributed by atoms with Crippen molar-refractivity contribution >= 4 is 44.2 Å². The predicted molar refractivity (Wildman–Crippen MR) is 107 cm³/mol. The SMILES string of the molecule is COc1ccc(Nc2c3ccccc3nc3[nH]c4ccccc4c23)cc1. The maximum atomic E-state index is 5.26. The van der Waals surface area contributed by atoms with Gasteiger partial charge in [-0.3, -0.25) is 0 Å². The molecule has 0 bridgehead atoms. The van der Waals surface area contributed by atoms with E-state index in [1.165, 1.54) is 0 Å². The van der Waals surface area contributed by atoms with Crippen LogP contribution in [0.2, 0.25) is 0 Å². The molecule has 0 saturated heterocycles. The van der Waals surface area contributed by atoms with Gasteiger partial charge in [-0.25, -0.2) is 4.98 Å². The van der Waals surface area contributed by atoms with Crippen LogP contribution in [0.5, 0.6) is 5.75 Å². The monoisotopic (exact) mass is 339 g/mol. The Morgan fingerprint density at radius 3 is 2.38 bits per heavy atom. The fourth-order valence-electron chi connectivity index (χ4n) is 3.45. The Kier molecular flexibility index (Phi) is 3.28. The highest BCUT2D eigenvalue weighted by molar-refractivity contribution is 6.19. The lowest BCUT2D eigenvalue weighted by Crippen LogP contribution is -1.94. The highest BCUT2D eigenvalue weighted by Gasteiger charge is 2.14. The molecule has 5 aromatic rings. The molecule has 0 fully saturated rings. The number of benzene rings is 3. The first-order valence-corrected chi connectivity index (χ1v) is 8.54. The number of fused-ring (bicyclic) bond motifs is 4. The lowest BCUT2D eigenvalue weighted by molar-refractivity contribution is 0.415. The van der Waals surface area contributed by atoms with E-state index in [0.29, 0.717) is 0 Å². The number of pyridine rings is 1. The third kappa shape index (κ3) is 2.27. The van der Waals surface area contributed by atoms with Crippen molar-refractivity contribution in [2.75, 3.05) is 12.4 Å². The number of aromatic amines is 1. The highest BCUT2D eigenvalue weighted by Crippen LogP contribution is 2.37. The smallest absolute Gasteiger partial charge is 0.141 e. The topological polar surface area (TPSA) is 49.9 Å². The third-order valence-corrected chi connectivity index (χ3v) is 4.70. The largest absolute Gasteiger partial charge is 0.497 e. The Morgan fingerprint density at radius 2 is 1.58 bits per heavy atom. The Balaban J connectivity index is 1.81. The zero-order valence-electron chi connectivity index (χ0n) is 14.3. The fourth-order valence-corrected chi connectivity index (χ4v) is 3.45. The van der Waals surface area contributed by atoms with Crippen molar-refractivity contribution in [2.24, 2.45) is 0 Å². The highest BCUT2D eigenvalue weighted by atomic mass is 16.5. The zero-order valence-corrected chi connectivity index (χ0v) is 14.3. The van der Waals surface area contributed by atoms with E-state index in [-0.39, 0.29) is 0 Å². The first kappa shape index (κ1) is 14.8. The summed E-state index contributed by atoms with van der Waals surface area (Å²) in [5.74, 6) is 0.840. The van der Waals surface area contributed by atoms with Crippen LogP contribution in [-0.2, 0) is 0 Å². The van der Waals surface area contributed by atoms with Crippen molar-refractivity contribution < 1.29 is 4.74 Å². The van der Waals surface area contributed by atoms with Gasteiger partial charge in [0.05, 0.1) is 23.7 Å². The van der Waals surface area contributed by atoms with Crippen LogP contribution in [0, 0.1) is 0 Å². The van der Waals surface area contributed by atoms with Crippen LogP contribution < -0.4 is 10.1 Å². The molecule has 0 amide bonds. The number of hydrogen-bond acceptors (Lipinski definition) is 3. The molecule has 0 aliphatic rings. The van der Waals surface area contributed by atoms with Gasteiger partial charge in [0.15, 0.2) is 0 Å². The molecule has 0 atom stereocenters. The van der Waals surface area contributed by atoms with E-state index in [0.717, 1.165) is 50.0 Å². The van der Waals surface area contributed by atoms with Gasteiger partial charge in [0.2, 0.25) is 0 Å². The standard InChI is InChI=1S/C22H17N3O/c1-26-15-12-10-14(11-13-15)23-21-17-7-3-5-9-19(17)25-22-20(21)16-6-2-4-8-18(16)24-22/h2-13H,1H3,(H2,23,24,25). The molecule has 0 spiro atoms. The number of rotatable bonds is 3. The molecule has 4 nitrogen and oxygen atoms in total. The second kappa shape index (κ2) is 5.77. The first-order chi connectivity index (χ1) is 12.8. The van der Waals surface area contributed by atoms with Gasteiger partial charge >= 0.3 is 0 Å². The van der Waals surface area contributed by atoms with E-state index < -0.39 is 0 Å². The number of hydrogen-bond donors (Lipinski definition) is 2. The fraction of sp³-hybridized carbons (Fsp3) is 0.0455. The van der Waals surface area contributed by atoms with Crippen LogP contribution >= 0.6 is 0 Å². The van der Waals surface area contributed by atoms with Gasteiger partial charge in [-0.1, -0.05) is 36.4 Å². The maximum Gasteiger partial charge on any atom is 0.141 e. The second-order valence-electron chi connectivity index (χ2n) is 6.25. The van der Waals surface area contributed by atoms with E-state index >= 15 is 0 Å². The number of aromatic nitrogens is 2. The summed E-state index contributed by atoms with van der Waals surface area (Å²) < 4.78 is 5.26. The Bertz CT molecular complexity index is 1240. The quantitative estimate of drug-likeness (QED) is 0.448. The van der Waals surface area contributed by atoms with Crippen molar-refractivity contribution in [2.45, 2.75) is 0 Å². The normalized spacial score (nSPS) is 11.3. The van der Waals surface area contributed by atoms with E-state index in [4.69, 9.17) is 9.72 Å². The number of para-hydroxylation sites is 2. The number of anilines is 2. The Hall–Kier alpha value is -3.53. The van der Waals surface area contributed by atoms with Crippen LogP contribution in [0.4, 0.5) is 11.4 Å². The van der Waals surface area contributed by atoms with Crippen molar-refractivity contribution in [3.8, 4) is 5.75 Å². The predicted octanol–water partition coefficient (Wildman–Crippen LogP) is 5.62. The molecular weight excluding hydrogens is 322 g/mol. The molecule has 0 aliphatic carbocycles. The summed E-state index contributed by atoms with van der Waals surface area (Å²) in [4.78, 5) is 8.27. The van der Waals surface area contributed by atoms with Gasteiger partial charge in [-0.05, 0) is 36.4 Å². The van der Waals surface area contributed by atoms with Crippen LogP contribution in [0.1, 0.15) is 0 Å². The lowest BCUT2D eigenvalue weighted by Gasteiger charge is -2.12. The van der Waals surface area contributed by atoms with Gasteiger partial charge in [0.1, 0.15) is 11.4 Å². The van der Waals surface area contributed by atoms with Gasteiger partial charge in [-0.2, -0.15) is 0 Å². The van der Waals surface area contributed by atoms with E-state index in [9.17, 15) is 0 Å². The Labute approximate surface area is 150 Å². The van der Waals surface area contributed by atoms with Gasteiger partial charge < -0.3 is 15.0 Å². The summed E-state index contributed by atoms with van der Waals surface area (Å²) in [6.07, 6.45) is 0. The van der Waals surface area contributed by atoms with E-state index in [2.05, 4.69) is 34.6 Å². The average Bonchev–Trinajstić information content (AvgIpc) is 3.06. The summed E-state index contributed by atoms with van der Waals surface area (Å²) in [5, 5.41) is 6.97. The summed E-state index contributed by atoms with van der Waals surface area (Å²) >= 11 is 0. The minimum Gasteiger partial charge on any atom is -0.497 e. The second-order valence-corrected chi connectivity index (χ2v) is 6.25. The molecule has 4 heteroatoms. The van der Waals surface area contributed by atoms with Crippen molar-refractivity contribution in [3.05, 3.63) is 72.8 Å². The molecular formula is C22H17N3O. The number of methoxy groups -OCH3 is 1. The Morgan fingerprint density at radius 1 is 0.846 bits per heavy atom. The molecule has 26 heavy (non-hydrogen) atoms. The van der Waals surface area contributed by atoms with E-state index in [1.807, 2.05) is 48.5 Å². The molecule has 5 rings (SSSR count). The third-order valence-electron chi connectivity index (χ3n) is 4.70. The molecule has 2 heterocycles. The maximum absolute atomic E-state index is 5.26. The summed E-state index contributed by atoms with van der Waals surface area (Å²) in [6.45, 7) is 0. The number of ether oxygens (including phenoxy) is 1. The minimum absolute atomic E-state index is 0.840. The molecule has 0 aliphatic heterocycles. The molecule has 0 unspecified atom stereocenters. The molecule has 2 N–H and O–H groups in total. The summed E-state index contributed by atoms with van der Waals surface area (Å²) in [6, 6.07) is 24.5. The van der Waals surface area contributed by atoms with Crippen molar-refractivity contribution in [1.29, 1.82) is 0 Å². The number of H-pyrrole nitrogens is 1. The number of nitrogens with zero attached hydrogens (tertiary/aromatic N) is 1. The van der Waals surface area contributed by atoms with Crippen LogP contribution in [0.25, 0.3) is 32.8 Å². The average molecular weight is 339 g/mol. The molecule has 0 radical (unpaired) electrons. The zero-order chi connectivity index (χ0) is 17.5. The van der Waals surface area contributed by atoms with Gasteiger partial charge in [0, 0.05) is 22.0 Å².